The lowest BCUT2D eigenvalue weighted by Gasteiger charge is -2.44. The molecule has 0 N–H and O–H groups in total. The van der Waals surface area contributed by atoms with Crippen molar-refractivity contribution in [3.63, 3.8) is 0 Å². The average Bonchev–Trinajstić information content (AvgIpc) is 3.39. The van der Waals surface area contributed by atoms with Gasteiger partial charge in [0.05, 0.1) is 5.69 Å². The lowest BCUT2D eigenvalue weighted by Crippen LogP contribution is -2.36. The number of benzene rings is 5. The molecule has 0 aliphatic heterocycles. The van der Waals surface area contributed by atoms with Crippen LogP contribution in [0.15, 0.2) is 251 Å². The van der Waals surface area contributed by atoms with Gasteiger partial charge in [-0.1, -0.05) is 229 Å². The van der Waals surface area contributed by atoms with Crippen molar-refractivity contribution in [2.75, 3.05) is 4.90 Å². The Balaban J connectivity index is 0.000000286. The number of aromatic nitrogens is 1. The number of nitrogens with zero attached hydrogens (tertiary/aromatic N) is 2. The first-order chi connectivity index (χ1) is 34.8. The van der Waals surface area contributed by atoms with Gasteiger partial charge in [-0.15, -0.1) is 6.58 Å². The molecular formula is C70H78N2. The summed E-state index contributed by atoms with van der Waals surface area (Å²) in [6, 6.07) is 46.0. The van der Waals surface area contributed by atoms with Crippen LogP contribution in [-0.4, -0.2) is 4.98 Å². The zero-order chi connectivity index (χ0) is 51.9. The Kier molecular flexibility index (Phi) is 21.3. The summed E-state index contributed by atoms with van der Waals surface area (Å²) >= 11 is 0. The van der Waals surface area contributed by atoms with Gasteiger partial charge in [-0.3, -0.25) is 4.98 Å². The number of aryl methyl sites for hydroxylation is 3. The Hall–Kier alpha value is -7.55. The second-order valence-corrected chi connectivity index (χ2v) is 19.2. The van der Waals surface area contributed by atoms with Gasteiger partial charge in [0.1, 0.15) is 0 Å². The van der Waals surface area contributed by atoms with E-state index in [9.17, 15) is 0 Å². The maximum atomic E-state index is 4.28. The summed E-state index contributed by atoms with van der Waals surface area (Å²) in [6.07, 6.45) is 35.2. The van der Waals surface area contributed by atoms with Crippen LogP contribution in [0, 0.1) is 13.8 Å². The van der Waals surface area contributed by atoms with Gasteiger partial charge in [0, 0.05) is 39.7 Å². The van der Waals surface area contributed by atoms with E-state index in [4.69, 9.17) is 0 Å². The Morgan fingerprint density at radius 3 is 1.83 bits per heavy atom. The monoisotopic (exact) mass is 947 g/mol. The molecule has 0 fully saturated rings. The number of anilines is 2. The van der Waals surface area contributed by atoms with E-state index in [1.54, 1.807) is 0 Å². The van der Waals surface area contributed by atoms with Crippen molar-refractivity contribution in [1.29, 1.82) is 0 Å². The fraction of sp³-hybridized carbons (Fsp3) is 0.214. The van der Waals surface area contributed by atoms with Crippen molar-refractivity contribution >= 4 is 16.9 Å². The molecule has 0 unspecified atom stereocenters. The first-order valence-electron chi connectivity index (χ1n) is 25.5. The summed E-state index contributed by atoms with van der Waals surface area (Å²) in [5, 5.41) is 0. The normalized spacial score (nSPS) is 13.7. The van der Waals surface area contributed by atoms with Gasteiger partial charge in [0.25, 0.3) is 0 Å². The number of pyridine rings is 1. The molecule has 0 saturated heterocycles. The van der Waals surface area contributed by atoms with E-state index in [-0.39, 0.29) is 10.8 Å². The number of hydrogen-bond acceptors (Lipinski definition) is 2. The van der Waals surface area contributed by atoms with Crippen molar-refractivity contribution in [1.82, 2.24) is 4.98 Å². The summed E-state index contributed by atoms with van der Waals surface area (Å²) < 4.78 is 0. The van der Waals surface area contributed by atoms with Crippen LogP contribution in [0.25, 0.3) is 16.8 Å². The summed E-state index contributed by atoms with van der Waals surface area (Å²) in [6.45, 7) is 33.7. The smallest absolute Gasteiger partial charge is 0.0701 e. The van der Waals surface area contributed by atoms with Gasteiger partial charge in [-0.05, 0) is 146 Å². The van der Waals surface area contributed by atoms with Gasteiger partial charge in [-0.25, -0.2) is 0 Å². The third kappa shape index (κ3) is 15.0. The molecule has 0 atom stereocenters. The van der Waals surface area contributed by atoms with E-state index >= 15 is 0 Å². The molecule has 2 heteroatoms. The second-order valence-electron chi connectivity index (χ2n) is 19.2. The maximum Gasteiger partial charge on any atom is 0.0701 e. The molecule has 368 valence electrons. The highest BCUT2D eigenvalue weighted by molar-refractivity contribution is 5.76. The highest BCUT2D eigenvalue weighted by atomic mass is 15.1. The Bertz CT molecular complexity index is 2890. The predicted molar refractivity (Wildman–Crippen MR) is 317 cm³/mol. The lowest BCUT2D eigenvalue weighted by molar-refractivity contribution is 0.520. The van der Waals surface area contributed by atoms with E-state index in [1.807, 2.05) is 67.8 Å². The third-order valence-corrected chi connectivity index (χ3v) is 13.2. The minimum absolute atomic E-state index is 0.101. The lowest BCUT2D eigenvalue weighted by atomic mass is 9.60. The van der Waals surface area contributed by atoms with Crippen molar-refractivity contribution in [2.45, 2.75) is 98.3 Å². The first-order valence-corrected chi connectivity index (χ1v) is 25.5. The third-order valence-electron chi connectivity index (χ3n) is 13.2. The van der Waals surface area contributed by atoms with E-state index in [0.717, 1.165) is 60.4 Å². The minimum atomic E-state index is -0.150. The molecule has 1 aliphatic rings. The molecule has 0 amide bonds. The van der Waals surface area contributed by atoms with Crippen LogP contribution in [-0.2, 0) is 23.7 Å². The number of rotatable bonds is 18. The van der Waals surface area contributed by atoms with Crippen molar-refractivity contribution in [3.05, 3.63) is 301 Å². The number of fused-ring (bicyclic) bond motifs is 2. The molecule has 6 aromatic rings. The molecule has 0 bridgehead atoms. The van der Waals surface area contributed by atoms with E-state index in [2.05, 4.69) is 242 Å². The zero-order valence-corrected chi connectivity index (χ0v) is 44.5. The standard InChI is InChI=1S/C44H49N.C14H18.C12H11N/c1-10-14-15-16-17-18-22-36(21-13-4)45(37-26-24-35(25-27-37)34(19-11-2)20-12-3)38-28-30-40-42(32-38)44(8,9)41-31-33(5)23-29-39(41)43(40,6)7;1-3-5-6-7-8-14-11-9-13(4-2)10-12-14;1-10-5-7-11(8-6-10)12-4-2-3-9-13-12/h10-15,18-19,21-32H,1-4,16-17,20H2,5-9H3;3,5-7,9-12H,4,8H2,1-2H3;2-9H,1H3/b15-14-,22-18-,34-19+,36-21+;5-3-,7-6-;. The van der Waals surface area contributed by atoms with Crippen LogP contribution in [0.2, 0.25) is 0 Å². The largest absolute Gasteiger partial charge is 0.311 e. The predicted octanol–water partition coefficient (Wildman–Crippen LogP) is 19.4. The Labute approximate surface area is 435 Å². The van der Waals surface area contributed by atoms with Gasteiger partial charge in [0.2, 0.25) is 0 Å². The number of unbranched alkanes of at least 4 members (excludes halogenated alkanes) is 1. The first kappa shape index (κ1) is 55.4. The molecule has 2 nitrogen and oxygen atoms in total. The quantitative estimate of drug-likeness (QED) is 0.0485. The SMILES string of the molecule is C/C=C\C=C/Cc1ccc(CC)cc1.C=C/C=C\CC/C=C\C(=C/C=C)N(c1ccc(/C(=C/C=C)CC=C)cc1)c1ccc2c(c1)C(C)(C)c1cc(C)ccc1C2(C)C.Cc1ccc(-c2ccccn2)cc1. The van der Waals surface area contributed by atoms with Crippen LogP contribution in [0.4, 0.5) is 11.4 Å². The Morgan fingerprint density at radius 1 is 0.583 bits per heavy atom. The second kappa shape index (κ2) is 27.7. The molecule has 7 rings (SSSR count). The topological polar surface area (TPSA) is 16.1 Å². The summed E-state index contributed by atoms with van der Waals surface area (Å²) in [4.78, 5) is 6.63. The van der Waals surface area contributed by atoms with E-state index in [0.29, 0.717) is 0 Å². The number of hydrogen-bond donors (Lipinski definition) is 0. The highest BCUT2D eigenvalue weighted by Gasteiger charge is 2.42. The van der Waals surface area contributed by atoms with Gasteiger partial charge < -0.3 is 4.90 Å². The molecule has 0 saturated carbocycles. The highest BCUT2D eigenvalue weighted by Crippen LogP contribution is 2.51. The van der Waals surface area contributed by atoms with Crippen LogP contribution >= 0.6 is 0 Å². The minimum Gasteiger partial charge on any atom is -0.311 e. The van der Waals surface area contributed by atoms with Crippen LogP contribution in [0.3, 0.4) is 0 Å². The summed E-state index contributed by atoms with van der Waals surface area (Å²) in [5.41, 5.74) is 18.5. The molecule has 1 heterocycles. The van der Waals surface area contributed by atoms with E-state index in [1.165, 1.54) is 55.6 Å². The van der Waals surface area contributed by atoms with Gasteiger partial charge in [-0.2, -0.15) is 0 Å². The molecular weight excluding hydrogens is 869 g/mol. The number of allylic oxidation sites excluding steroid dienone is 15. The van der Waals surface area contributed by atoms with Gasteiger partial charge >= 0.3 is 0 Å². The molecule has 1 aliphatic carbocycles. The molecule has 0 spiro atoms. The molecule has 0 radical (unpaired) electrons. The Morgan fingerprint density at radius 2 is 1.21 bits per heavy atom. The van der Waals surface area contributed by atoms with E-state index < -0.39 is 0 Å². The maximum absolute atomic E-state index is 4.28. The molecule has 5 aromatic carbocycles. The summed E-state index contributed by atoms with van der Waals surface area (Å²) in [7, 11) is 0. The van der Waals surface area contributed by atoms with Crippen molar-refractivity contribution in [2.24, 2.45) is 0 Å². The van der Waals surface area contributed by atoms with Crippen LogP contribution in [0.1, 0.15) is 111 Å². The van der Waals surface area contributed by atoms with Crippen molar-refractivity contribution < 1.29 is 0 Å². The molecule has 1 aromatic heterocycles. The summed E-state index contributed by atoms with van der Waals surface area (Å²) in [5.74, 6) is 0. The zero-order valence-electron chi connectivity index (χ0n) is 44.5. The van der Waals surface area contributed by atoms with Crippen LogP contribution in [0.5, 0.6) is 0 Å². The van der Waals surface area contributed by atoms with Crippen molar-refractivity contribution in [3.8, 4) is 11.3 Å². The van der Waals surface area contributed by atoms with Gasteiger partial charge in [0.15, 0.2) is 0 Å². The molecule has 72 heavy (non-hydrogen) atoms. The fourth-order valence-electron chi connectivity index (χ4n) is 9.07. The van der Waals surface area contributed by atoms with Crippen LogP contribution < -0.4 is 4.90 Å². The average molecular weight is 947 g/mol. The fourth-order valence-corrected chi connectivity index (χ4v) is 9.07.